The molecule has 4 heterocycles. The quantitative estimate of drug-likeness (QED) is 0.156. The minimum absolute atomic E-state index is 0.0114. The topological polar surface area (TPSA) is 29.0 Å². The summed E-state index contributed by atoms with van der Waals surface area (Å²) in [7, 11) is 0. The summed E-state index contributed by atoms with van der Waals surface area (Å²) in [5.41, 5.74) is 36.8. The number of nitrogens with zero attached hydrogens (tertiary/aromatic N) is 3. The van der Waals surface area contributed by atoms with Crippen molar-refractivity contribution < 1.29 is 0 Å². The Bertz CT molecular complexity index is 3250. The highest BCUT2D eigenvalue weighted by molar-refractivity contribution is 7.02. The van der Waals surface area contributed by atoms with Crippen LogP contribution in [0.3, 0.4) is 0 Å². The van der Waals surface area contributed by atoms with E-state index in [9.17, 15) is 0 Å². The number of aryl methyl sites for hydroxylation is 1. The van der Waals surface area contributed by atoms with Gasteiger partial charge in [0.15, 0.2) is 0 Å². The average molecular weight is 878 g/mol. The van der Waals surface area contributed by atoms with Crippen molar-refractivity contribution in [1.82, 2.24) is 9.97 Å². The lowest BCUT2D eigenvalue weighted by Gasteiger charge is -2.45. The molecule has 11 rings (SSSR count). The lowest BCUT2D eigenvalue weighted by molar-refractivity contribution is 1.19. The van der Waals surface area contributed by atoms with Gasteiger partial charge in [0.25, 0.3) is 0 Å². The number of hydrogen-bond acceptors (Lipinski definition) is 3. The normalized spacial score (nSPS) is 12.5. The molecule has 0 amide bonds. The first-order chi connectivity index (χ1) is 32.8. The van der Waals surface area contributed by atoms with E-state index in [0.29, 0.717) is 0 Å². The summed E-state index contributed by atoms with van der Waals surface area (Å²) in [6.07, 6.45) is 7.51. The number of pyridine rings is 2. The van der Waals surface area contributed by atoms with Gasteiger partial charge < -0.3 is 4.90 Å². The van der Waals surface area contributed by atoms with Gasteiger partial charge in [0.1, 0.15) is 0 Å². The van der Waals surface area contributed by atoms with Crippen LogP contribution in [0.1, 0.15) is 61.2 Å². The minimum Gasteiger partial charge on any atom is -0.313 e. The molecule has 0 N–H and O–H groups in total. The molecule has 0 saturated heterocycles. The van der Waals surface area contributed by atoms with Gasteiger partial charge in [0.05, 0.1) is 0 Å². The third kappa shape index (κ3) is 6.73. The van der Waals surface area contributed by atoms with Gasteiger partial charge in [-0.1, -0.05) is 112 Å². The second kappa shape index (κ2) is 16.5. The number of hydrogen-bond donors (Lipinski definition) is 0. The summed E-state index contributed by atoms with van der Waals surface area (Å²) in [5, 5.41) is 0. The van der Waals surface area contributed by atoms with Crippen molar-refractivity contribution in [3.05, 3.63) is 207 Å². The summed E-state index contributed by atoms with van der Waals surface area (Å²) in [6.45, 7) is 25.7. The zero-order valence-corrected chi connectivity index (χ0v) is 41.4. The van der Waals surface area contributed by atoms with E-state index in [1.807, 2.05) is 24.8 Å². The van der Waals surface area contributed by atoms with Crippen molar-refractivity contribution in [2.24, 2.45) is 0 Å². The van der Waals surface area contributed by atoms with E-state index < -0.39 is 0 Å². The van der Waals surface area contributed by atoms with Gasteiger partial charge in [0, 0.05) is 41.8 Å². The Morgan fingerprint density at radius 3 is 1.00 bits per heavy atom. The molecular weight excluding hydrogens is 820 g/mol. The van der Waals surface area contributed by atoms with Crippen molar-refractivity contribution in [2.45, 2.75) is 76.2 Å². The molecular formula is C63H57B2N3. The zero-order valence-electron chi connectivity index (χ0n) is 41.4. The highest BCUT2D eigenvalue weighted by Crippen LogP contribution is 2.41. The second-order valence-electron chi connectivity index (χ2n) is 19.8. The maximum Gasteiger partial charge on any atom is 0.247 e. The molecule has 0 bridgehead atoms. The SMILES string of the molecule is Cc1cc2c3c(c1)B(c1c(C)c(C)c(C)c(C)c1C)c1cc(-c4cccc(-c5ccncc5)c4)ccc1N3c1ccc(-c3cccc(-c4ccncc4)c3)cc1B2c1c(C)c(C)c(C)c(C)c1C. The highest BCUT2D eigenvalue weighted by Gasteiger charge is 2.45. The zero-order chi connectivity index (χ0) is 47.3. The standard InChI is InChI=1S/C63H57B2N3/c1-36-30-57-63-58(31-36)65(62-45(10)41(6)38(3)42(7)46(62)11)56-35-54(52-17-13-15-50(33-52)48-24-28-67-29-25-48)19-21-60(56)68(63)59-20-18-53(51-16-12-14-49(32-51)47-22-26-66-27-23-47)34-55(59)64(57)61-43(8)39(4)37(2)40(5)44(61)9/h12-35H,1-11H3. The van der Waals surface area contributed by atoms with Crippen molar-refractivity contribution in [3.8, 4) is 44.5 Å². The molecule has 0 aliphatic carbocycles. The van der Waals surface area contributed by atoms with Crippen molar-refractivity contribution in [3.63, 3.8) is 0 Å². The Kier molecular flexibility index (Phi) is 10.5. The average Bonchev–Trinajstić information content (AvgIpc) is 3.37. The fourth-order valence-electron chi connectivity index (χ4n) is 12.0. The number of fused-ring (bicyclic) bond motifs is 4. The van der Waals surface area contributed by atoms with E-state index in [0.717, 1.165) is 0 Å². The molecule has 0 fully saturated rings. The molecule has 0 atom stereocenters. The van der Waals surface area contributed by atoms with Crippen LogP contribution < -0.4 is 37.7 Å². The Morgan fingerprint density at radius 2 is 0.632 bits per heavy atom. The van der Waals surface area contributed by atoms with Crippen LogP contribution in [-0.2, 0) is 0 Å². The molecule has 68 heavy (non-hydrogen) atoms. The monoisotopic (exact) mass is 877 g/mol. The molecule has 0 radical (unpaired) electrons. The molecule has 7 aromatic carbocycles. The van der Waals surface area contributed by atoms with Gasteiger partial charge in [-0.2, -0.15) is 0 Å². The van der Waals surface area contributed by atoms with E-state index in [-0.39, 0.29) is 13.4 Å². The van der Waals surface area contributed by atoms with Crippen LogP contribution >= 0.6 is 0 Å². The van der Waals surface area contributed by atoms with Crippen LogP contribution in [0.5, 0.6) is 0 Å². The van der Waals surface area contributed by atoms with Crippen molar-refractivity contribution in [1.29, 1.82) is 0 Å². The van der Waals surface area contributed by atoms with Gasteiger partial charge in [0.2, 0.25) is 13.4 Å². The molecule has 2 aliphatic rings. The lowest BCUT2D eigenvalue weighted by atomic mass is 9.29. The minimum atomic E-state index is 0.0114. The smallest absolute Gasteiger partial charge is 0.247 e. The molecule has 9 aromatic rings. The molecule has 3 nitrogen and oxygen atoms in total. The number of rotatable bonds is 6. The lowest BCUT2D eigenvalue weighted by Crippen LogP contribution is -2.66. The fraction of sp³-hybridized carbons (Fsp3) is 0.175. The molecule has 0 unspecified atom stereocenters. The van der Waals surface area contributed by atoms with Crippen LogP contribution in [0.15, 0.2) is 146 Å². The number of benzene rings is 7. The van der Waals surface area contributed by atoms with E-state index >= 15 is 0 Å². The molecule has 2 aromatic heterocycles. The maximum atomic E-state index is 4.31. The summed E-state index contributed by atoms with van der Waals surface area (Å²) in [5.74, 6) is 0. The summed E-state index contributed by atoms with van der Waals surface area (Å²) in [4.78, 5) is 11.3. The molecule has 0 saturated carbocycles. The van der Waals surface area contributed by atoms with Crippen LogP contribution in [0.2, 0.25) is 0 Å². The Morgan fingerprint density at radius 1 is 0.309 bits per heavy atom. The molecule has 0 spiro atoms. The first-order valence-electron chi connectivity index (χ1n) is 24.2. The number of aromatic nitrogens is 2. The summed E-state index contributed by atoms with van der Waals surface area (Å²) >= 11 is 0. The Balaban J connectivity index is 1.22. The van der Waals surface area contributed by atoms with Gasteiger partial charge >= 0.3 is 0 Å². The predicted molar refractivity (Wildman–Crippen MR) is 293 cm³/mol. The molecule has 330 valence electrons. The van der Waals surface area contributed by atoms with E-state index in [4.69, 9.17) is 0 Å². The predicted octanol–water partition coefficient (Wildman–Crippen LogP) is 11.7. The van der Waals surface area contributed by atoms with E-state index in [2.05, 4.69) is 212 Å². The van der Waals surface area contributed by atoms with Gasteiger partial charge in [-0.05, 0) is 224 Å². The van der Waals surface area contributed by atoms with Crippen LogP contribution in [0.4, 0.5) is 17.1 Å². The fourth-order valence-corrected chi connectivity index (χ4v) is 12.0. The van der Waals surface area contributed by atoms with Gasteiger partial charge in [-0.15, -0.1) is 0 Å². The Hall–Kier alpha value is -7.23. The van der Waals surface area contributed by atoms with Gasteiger partial charge in [-0.25, -0.2) is 0 Å². The first kappa shape index (κ1) is 43.3. The highest BCUT2D eigenvalue weighted by atomic mass is 15.2. The van der Waals surface area contributed by atoms with Crippen LogP contribution in [-0.4, -0.2) is 23.4 Å². The molecule has 2 aliphatic heterocycles. The third-order valence-corrected chi connectivity index (χ3v) is 16.4. The summed E-state index contributed by atoms with van der Waals surface area (Å²) in [6, 6.07) is 46.0. The van der Waals surface area contributed by atoms with Crippen molar-refractivity contribution >= 4 is 63.3 Å². The van der Waals surface area contributed by atoms with Gasteiger partial charge in [-0.3, -0.25) is 9.97 Å². The largest absolute Gasteiger partial charge is 0.313 e. The maximum absolute atomic E-state index is 4.31. The van der Waals surface area contributed by atoms with E-state index in [1.165, 1.54) is 156 Å². The van der Waals surface area contributed by atoms with E-state index in [1.54, 1.807) is 0 Å². The van der Waals surface area contributed by atoms with Crippen LogP contribution in [0, 0.1) is 76.2 Å². The van der Waals surface area contributed by atoms with Crippen molar-refractivity contribution in [2.75, 3.05) is 4.90 Å². The Labute approximate surface area is 404 Å². The summed E-state index contributed by atoms with van der Waals surface area (Å²) < 4.78 is 0. The number of anilines is 3. The first-order valence-corrected chi connectivity index (χ1v) is 24.2. The molecule has 5 heteroatoms. The van der Waals surface area contributed by atoms with Crippen LogP contribution in [0.25, 0.3) is 44.5 Å². The third-order valence-electron chi connectivity index (χ3n) is 16.4. The second-order valence-corrected chi connectivity index (χ2v) is 19.8.